The number of carbonyl (C=O) groups excluding carboxylic acids is 2. The second kappa shape index (κ2) is 9.87. The smallest absolute Gasteiger partial charge is 0.293 e. The second-order valence-corrected chi connectivity index (χ2v) is 8.02. The summed E-state index contributed by atoms with van der Waals surface area (Å²) in [6, 6.07) is 11.5. The van der Waals surface area contributed by atoms with E-state index in [1.54, 1.807) is 18.2 Å². The Labute approximate surface area is 185 Å². The maximum absolute atomic E-state index is 12.4. The molecule has 0 atom stereocenters. The van der Waals surface area contributed by atoms with E-state index < -0.39 is 0 Å². The van der Waals surface area contributed by atoms with Crippen LogP contribution in [0, 0.1) is 6.92 Å². The molecule has 1 saturated heterocycles. The Hall–Kier alpha value is -2.70. The van der Waals surface area contributed by atoms with E-state index in [1.807, 2.05) is 38.1 Å². The molecule has 2 aromatic rings. The summed E-state index contributed by atoms with van der Waals surface area (Å²) in [4.78, 5) is 25.9. The third kappa shape index (κ3) is 5.07. The van der Waals surface area contributed by atoms with Crippen LogP contribution in [0.3, 0.4) is 0 Å². The Balaban J connectivity index is 1.87. The van der Waals surface area contributed by atoms with Gasteiger partial charge in [0.2, 0.25) is 0 Å². The van der Waals surface area contributed by atoms with Gasteiger partial charge in [0.1, 0.15) is 6.61 Å². The van der Waals surface area contributed by atoms with Crippen molar-refractivity contribution in [2.45, 2.75) is 20.5 Å². The van der Waals surface area contributed by atoms with Crippen LogP contribution in [0.4, 0.5) is 4.79 Å². The number of carbonyl (C=O) groups is 2. The molecule has 0 unspecified atom stereocenters. The van der Waals surface area contributed by atoms with E-state index in [2.05, 4.69) is 6.58 Å². The van der Waals surface area contributed by atoms with Crippen LogP contribution in [-0.4, -0.2) is 29.2 Å². The summed E-state index contributed by atoms with van der Waals surface area (Å²) in [6.07, 6.45) is 3.15. The summed E-state index contributed by atoms with van der Waals surface area (Å²) in [6.45, 7) is 8.42. The number of ether oxygens (including phenoxy) is 2. The zero-order valence-corrected chi connectivity index (χ0v) is 18.4. The lowest BCUT2D eigenvalue weighted by atomic mass is 10.1. The summed E-state index contributed by atoms with van der Waals surface area (Å²) in [7, 11) is 0. The highest BCUT2D eigenvalue weighted by Crippen LogP contribution is 2.39. The fraction of sp³-hybridized carbons (Fsp3) is 0.217. The number of rotatable bonds is 8. The van der Waals surface area contributed by atoms with E-state index in [1.165, 1.54) is 6.08 Å². The number of imide groups is 1. The van der Waals surface area contributed by atoms with E-state index in [4.69, 9.17) is 21.1 Å². The van der Waals surface area contributed by atoms with Gasteiger partial charge in [-0.1, -0.05) is 47.5 Å². The predicted molar refractivity (Wildman–Crippen MR) is 121 cm³/mol. The quantitative estimate of drug-likeness (QED) is 0.378. The molecule has 0 aliphatic carbocycles. The van der Waals surface area contributed by atoms with Crippen molar-refractivity contribution in [1.82, 2.24) is 4.90 Å². The van der Waals surface area contributed by atoms with Crippen LogP contribution in [0.2, 0.25) is 5.02 Å². The van der Waals surface area contributed by atoms with Crippen molar-refractivity contribution in [3.8, 4) is 11.5 Å². The van der Waals surface area contributed by atoms with Crippen LogP contribution in [0.15, 0.2) is 54.0 Å². The average molecular weight is 444 g/mol. The van der Waals surface area contributed by atoms with Crippen LogP contribution >= 0.6 is 23.4 Å². The highest BCUT2D eigenvalue weighted by atomic mass is 35.5. The van der Waals surface area contributed by atoms with Gasteiger partial charge in [0.25, 0.3) is 11.1 Å². The van der Waals surface area contributed by atoms with Crippen molar-refractivity contribution < 1.29 is 19.1 Å². The van der Waals surface area contributed by atoms with E-state index >= 15 is 0 Å². The van der Waals surface area contributed by atoms with Gasteiger partial charge < -0.3 is 9.47 Å². The lowest BCUT2D eigenvalue weighted by Crippen LogP contribution is -2.27. The van der Waals surface area contributed by atoms with Gasteiger partial charge in [0.05, 0.1) is 16.5 Å². The first-order valence-corrected chi connectivity index (χ1v) is 10.6. The average Bonchev–Trinajstić information content (AvgIpc) is 2.95. The van der Waals surface area contributed by atoms with Gasteiger partial charge in [0, 0.05) is 6.54 Å². The molecule has 30 heavy (non-hydrogen) atoms. The number of halogens is 1. The van der Waals surface area contributed by atoms with Crippen molar-refractivity contribution in [2.75, 3.05) is 13.2 Å². The molecule has 2 amide bonds. The van der Waals surface area contributed by atoms with E-state index in [0.29, 0.717) is 40.2 Å². The highest BCUT2D eigenvalue weighted by molar-refractivity contribution is 8.18. The standard InChI is InChI=1S/C23H22ClNO4S/c1-4-9-25-22(26)20(30-23(25)27)13-17-11-18(24)21(19(12-17)28-5-2)29-14-16-8-6-7-15(3)10-16/h4,6-8,10-13H,1,5,9,14H2,2-3H3/b20-13+. The van der Waals surface area contributed by atoms with Gasteiger partial charge in [-0.25, -0.2) is 0 Å². The normalized spacial score (nSPS) is 15.0. The predicted octanol–water partition coefficient (Wildman–Crippen LogP) is 5.85. The van der Waals surface area contributed by atoms with Crippen LogP contribution in [0.25, 0.3) is 6.08 Å². The molecule has 7 heteroatoms. The number of thioether (sulfide) groups is 1. The third-order valence-corrected chi connectivity index (χ3v) is 5.47. The number of hydrogen-bond donors (Lipinski definition) is 0. The molecule has 1 aliphatic rings. The first kappa shape index (κ1) is 22.0. The molecule has 0 aromatic heterocycles. The molecule has 0 N–H and O–H groups in total. The number of benzene rings is 2. The molecular weight excluding hydrogens is 422 g/mol. The monoisotopic (exact) mass is 443 g/mol. The maximum Gasteiger partial charge on any atom is 0.293 e. The minimum atomic E-state index is -0.348. The number of amides is 2. The van der Waals surface area contributed by atoms with Crippen LogP contribution in [0.5, 0.6) is 11.5 Å². The third-order valence-electron chi connectivity index (χ3n) is 4.28. The van der Waals surface area contributed by atoms with E-state index in [-0.39, 0.29) is 17.7 Å². The largest absolute Gasteiger partial charge is 0.490 e. The van der Waals surface area contributed by atoms with Gasteiger partial charge in [-0.15, -0.1) is 6.58 Å². The number of nitrogens with zero attached hydrogens (tertiary/aromatic N) is 1. The number of hydrogen-bond acceptors (Lipinski definition) is 5. The Bertz CT molecular complexity index is 1020. The molecule has 1 fully saturated rings. The summed E-state index contributed by atoms with van der Waals surface area (Å²) in [5.74, 6) is 0.574. The minimum absolute atomic E-state index is 0.179. The second-order valence-electron chi connectivity index (χ2n) is 6.62. The molecule has 1 aliphatic heterocycles. The van der Waals surface area contributed by atoms with Crippen LogP contribution < -0.4 is 9.47 Å². The van der Waals surface area contributed by atoms with Crippen molar-refractivity contribution in [2.24, 2.45) is 0 Å². The summed E-state index contributed by atoms with van der Waals surface area (Å²) >= 11 is 7.37. The van der Waals surface area contributed by atoms with Gasteiger partial charge in [0.15, 0.2) is 11.5 Å². The highest BCUT2D eigenvalue weighted by Gasteiger charge is 2.34. The van der Waals surface area contributed by atoms with Crippen molar-refractivity contribution in [1.29, 1.82) is 0 Å². The summed E-state index contributed by atoms with van der Waals surface area (Å²) < 4.78 is 11.7. The Kier molecular flexibility index (Phi) is 7.24. The minimum Gasteiger partial charge on any atom is -0.490 e. The maximum atomic E-state index is 12.4. The lowest BCUT2D eigenvalue weighted by molar-refractivity contribution is -0.122. The zero-order valence-electron chi connectivity index (χ0n) is 16.8. The zero-order chi connectivity index (χ0) is 21.7. The molecule has 5 nitrogen and oxygen atoms in total. The van der Waals surface area contributed by atoms with Gasteiger partial charge >= 0.3 is 0 Å². The molecule has 0 spiro atoms. The van der Waals surface area contributed by atoms with Gasteiger partial charge in [-0.2, -0.15) is 0 Å². The van der Waals surface area contributed by atoms with Crippen LogP contribution in [0.1, 0.15) is 23.6 Å². The Morgan fingerprint density at radius 2 is 2.00 bits per heavy atom. The summed E-state index contributed by atoms with van der Waals surface area (Å²) in [5.41, 5.74) is 2.82. The molecule has 156 valence electrons. The fourth-order valence-corrected chi connectivity index (χ4v) is 4.09. The van der Waals surface area contributed by atoms with Gasteiger partial charge in [-0.05, 0) is 54.9 Å². The van der Waals surface area contributed by atoms with Crippen LogP contribution in [-0.2, 0) is 11.4 Å². The topological polar surface area (TPSA) is 55.8 Å². The fourth-order valence-electron chi connectivity index (χ4n) is 2.97. The molecule has 3 rings (SSSR count). The molecule has 2 aromatic carbocycles. The first-order valence-electron chi connectivity index (χ1n) is 9.44. The van der Waals surface area contributed by atoms with Crippen molar-refractivity contribution in [3.05, 3.63) is 75.7 Å². The molecule has 0 bridgehead atoms. The Morgan fingerprint density at radius 3 is 2.70 bits per heavy atom. The molecule has 0 saturated carbocycles. The van der Waals surface area contributed by atoms with E-state index in [0.717, 1.165) is 27.8 Å². The summed E-state index contributed by atoms with van der Waals surface area (Å²) in [5, 5.41) is 0.0468. The number of aryl methyl sites for hydroxylation is 1. The molecular formula is C23H22ClNO4S. The molecule has 0 radical (unpaired) electrons. The SMILES string of the molecule is C=CCN1C(=O)S/C(=C/c2cc(Cl)c(OCc3cccc(C)c3)c(OCC)c2)C1=O. The first-order chi connectivity index (χ1) is 14.4. The van der Waals surface area contributed by atoms with Crippen molar-refractivity contribution in [3.63, 3.8) is 0 Å². The molecule has 1 heterocycles. The Morgan fingerprint density at radius 1 is 1.20 bits per heavy atom. The van der Waals surface area contributed by atoms with E-state index in [9.17, 15) is 9.59 Å². The lowest BCUT2D eigenvalue weighted by Gasteiger charge is -2.15. The van der Waals surface area contributed by atoms with Crippen molar-refractivity contribution >= 4 is 40.6 Å². The van der Waals surface area contributed by atoms with Gasteiger partial charge in [-0.3, -0.25) is 14.5 Å².